The molecular formula is C18H25N3O3S2. The molecular weight excluding hydrogens is 370 g/mol. The standard InChI is InChI=1S/C18H25N3O3S2/c1-3-20(4-2)18-19-16-13(26-18)10-14(25-16)17(24)21-9-5-6-12(11-21)7-8-15(22)23/h10,12H,3-9,11H2,1-2H3,(H,22,23). The fourth-order valence-corrected chi connectivity index (χ4v) is 5.73. The van der Waals surface area contributed by atoms with Crippen LogP contribution < -0.4 is 4.90 Å². The van der Waals surface area contributed by atoms with Crippen molar-refractivity contribution in [3.63, 3.8) is 0 Å². The summed E-state index contributed by atoms with van der Waals surface area (Å²) in [4.78, 5) is 34.1. The van der Waals surface area contributed by atoms with Gasteiger partial charge in [-0.2, -0.15) is 0 Å². The zero-order valence-corrected chi connectivity index (χ0v) is 16.9. The van der Waals surface area contributed by atoms with E-state index in [2.05, 4.69) is 18.7 Å². The minimum absolute atomic E-state index is 0.0598. The number of fused-ring (bicyclic) bond motifs is 1. The largest absolute Gasteiger partial charge is 0.481 e. The molecule has 142 valence electrons. The Morgan fingerprint density at radius 3 is 2.77 bits per heavy atom. The quantitative estimate of drug-likeness (QED) is 0.769. The molecule has 1 amide bonds. The number of amides is 1. The third-order valence-electron chi connectivity index (χ3n) is 4.90. The summed E-state index contributed by atoms with van der Waals surface area (Å²) in [5, 5.41) is 9.88. The highest BCUT2D eigenvalue weighted by Crippen LogP contribution is 2.35. The monoisotopic (exact) mass is 395 g/mol. The molecule has 0 bridgehead atoms. The second kappa shape index (κ2) is 8.35. The van der Waals surface area contributed by atoms with Crippen molar-refractivity contribution in [1.82, 2.24) is 9.88 Å². The van der Waals surface area contributed by atoms with E-state index >= 15 is 0 Å². The molecule has 1 N–H and O–H groups in total. The van der Waals surface area contributed by atoms with Gasteiger partial charge in [-0.05, 0) is 45.1 Å². The summed E-state index contributed by atoms with van der Waals surface area (Å²) in [5.74, 6) is -0.413. The van der Waals surface area contributed by atoms with Crippen LogP contribution in [0.4, 0.5) is 5.13 Å². The number of thiophene rings is 1. The van der Waals surface area contributed by atoms with Crippen molar-refractivity contribution >= 4 is 49.2 Å². The van der Waals surface area contributed by atoms with Crippen LogP contribution in [0.5, 0.6) is 0 Å². The SMILES string of the molecule is CCN(CC)c1nc2sc(C(=O)N3CCCC(CCC(=O)O)C3)cc2s1. The van der Waals surface area contributed by atoms with Crippen LogP contribution in [0, 0.1) is 5.92 Å². The highest BCUT2D eigenvalue weighted by atomic mass is 32.1. The molecule has 8 heteroatoms. The molecule has 6 nitrogen and oxygen atoms in total. The van der Waals surface area contributed by atoms with E-state index < -0.39 is 5.97 Å². The van der Waals surface area contributed by atoms with Crippen molar-refractivity contribution in [2.75, 3.05) is 31.1 Å². The zero-order valence-electron chi connectivity index (χ0n) is 15.2. The van der Waals surface area contributed by atoms with Crippen LogP contribution >= 0.6 is 22.7 Å². The van der Waals surface area contributed by atoms with E-state index in [1.54, 1.807) is 11.3 Å². The van der Waals surface area contributed by atoms with Gasteiger partial charge in [0.1, 0.15) is 4.83 Å². The summed E-state index contributed by atoms with van der Waals surface area (Å²) in [6.45, 7) is 7.50. The summed E-state index contributed by atoms with van der Waals surface area (Å²) in [6, 6.07) is 1.97. The zero-order chi connectivity index (χ0) is 18.7. The number of likely N-dealkylation sites (tertiary alicyclic amines) is 1. The van der Waals surface area contributed by atoms with E-state index in [4.69, 9.17) is 10.1 Å². The van der Waals surface area contributed by atoms with E-state index in [0.717, 1.165) is 52.0 Å². The second-order valence-electron chi connectivity index (χ2n) is 6.64. The van der Waals surface area contributed by atoms with Crippen molar-refractivity contribution in [1.29, 1.82) is 0 Å². The molecule has 2 aromatic heterocycles. The molecule has 1 unspecified atom stereocenters. The average Bonchev–Trinajstić information content (AvgIpc) is 3.20. The van der Waals surface area contributed by atoms with Crippen LogP contribution in [0.2, 0.25) is 0 Å². The fraction of sp³-hybridized carbons (Fsp3) is 0.611. The molecule has 1 aliphatic rings. The number of hydrogen-bond donors (Lipinski definition) is 1. The van der Waals surface area contributed by atoms with Crippen molar-refractivity contribution in [3.05, 3.63) is 10.9 Å². The van der Waals surface area contributed by atoms with Gasteiger partial charge in [-0.3, -0.25) is 9.59 Å². The predicted octanol–water partition coefficient (Wildman–Crippen LogP) is 3.92. The Kier molecular flexibility index (Phi) is 6.13. The number of carboxylic acids is 1. The maximum Gasteiger partial charge on any atom is 0.303 e. The lowest BCUT2D eigenvalue weighted by molar-refractivity contribution is -0.137. The van der Waals surface area contributed by atoms with Gasteiger partial charge in [0.15, 0.2) is 5.13 Å². The van der Waals surface area contributed by atoms with Crippen molar-refractivity contribution in [2.45, 2.75) is 39.5 Å². The first-order valence-corrected chi connectivity index (χ1v) is 10.8. The molecule has 3 rings (SSSR count). The highest BCUT2D eigenvalue weighted by Gasteiger charge is 2.26. The van der Waals surface area contributed by atoms with Gasteiger partial charge >= 0.3 is 5.97 Å². The number of thiazole rings is 1. The number of aromatic nitrogens is 1. The lowest BCUT2D eigenvalue weighted by Crippen LogP contribution is -2.39. The third kappa shape index (κ3) is 4.17. The molecule has 0 saturated carbocycles. The molecule has 2 aromatic rings. The van der Waals surface area contributed by atoms with Gasteiger partial charge in [0, 0.05) is 32.6 Å². The van der Waals surface area contributed by atoms with Gasteiger partial charge in [-0.1, -0.05) is 11.3 Å². The van der Waals surface area contributed by atoms with Crippen LogP contribution in [0.25, 0.3) is 9.53 Å². The molecule has 1 aliphatic heterocycles. The van der Waals surface area contributed by atoms with Crippen LogP contribution in [0.1, 0.15) is 49.2 Å². The summed E-state index contributed by atoms with van der Waals surface area (Å²) in [5.41, 5.74) is 0. The topological polar surface area (TPSA) is 73.7 Å². The van der Waals surface area contributed by atoms with Crippen molar-refractivity contribution in [2.24, 2.45) is 5.92 Å². The number of rotatable bonds is 7. The lowest BCUT2D eigenvalue weighted by Gasteiger charge is -2.32. The Labute approximate surface area is 161 Å². The smallest absolute Gasteiger partial charge is 0.303 e. The van der Waals surface area contributed by atoms with Gasteiger partial charge in [-0.25, -0.2) is 4.98 Å². The lowest BCUT2D eigenvalue weighted by atomic mass is 9.93. The Hall–Kier alpha value is -1.67. The van der Waals surface area contributed by atoms with E-state index in [1.165, 1.54) is 11.3 Å². The number of carbonyl (C=O) groups excluding carboxylic acids is 1. The molecule has 0 aliphatic carbocycles. The maximum atomic E-state index is 12.9. The van der Waals surface area contributed by atoms with Crippen LogP contribution in [-0.2, 0) is 4.79 Å². The van der Waals surface area contributed by atoms with Crippen LogP contribution in [-0.4, -0.2) is 53.0 Å². The number of nitrogens with zero attached hydrogens (tertiary/aromatic N) is 3. The number of hydrogen-bond acceptors (Lipinski definition) is 6. The normalized spacial score (nSPS) is 17.6. The first-order valence-electron chi connectivity index (χ1n) is 9.18. The summed E-state index contributed by atoms with van der Waals surface area (Å²) in [7, 11) is 0. The molecule has 0 spiro atoms. The number of piperidine rings is 1. The first kappa shape index (κ1) is 19.1. The second-order valence-corrected chi connectivity index (χ2v) is 8.68. The Morgan fingerprint density at radius 1 is 1.35 bits per heavy atom. The molecule has 1 atom stereocenters. The van der Waals surface area contributed by atoms with Gasteiger partial charge < -0.3 is 14.9 Å². The number of carbonyl (C=O) groups is 2. The number of carboxylic acid groups (broad SMARTS) is 1. The van der Waals surface area contributed by atoms with Crippen LogP contribution in [0.3, 0.4) is 0 Å². The molecule has 0 aromatic carbocycles. The average molecular weight is 396 g/mol. The Balaban J connectivity index is 1.69. The summed E-state index contributed by atoms with van der Waals surface area (Å²) >= 11 is 3.11. The predicted molar refractivity (Wildman–Crippen MR) is 107 cm³/mol. The first-order chi connectivity index (χ1) is 12.5. The molecule has 1 saturated heterocycles. The van der Waals surface area contributed by atoms with Crippen molar-refractivity contribution in [3.8, 4) is 0 Å². The van der Waals surface area contributed by atoms with E-state index in [-0.39, 0.29) is 18.2 Å². The molecule has 3 heterocycles. The van der Waals surface area contributed by atoms with Gasteiger partial charge in [0.2, 0.25) is 0 Å². The van der Waals surface area contributed by atoms with Gasteiger partial charge in [0.25, 0.3) is 5.91 Å². The number of anilines is 1. The summed E-state index contributed by atoms with van der Waals surface area (Å²) in [6.07, 6.45) is 2.78. The highest BCUT2D eigenvalue weighted by molar-refractivity contribution is 7.29. The van der Waals surface area contributed by atoms with Gasteiger partial charge in [0.05, 0.1) is 9.58 Å². The number of aliphatic carboxylic acids is 1. The fourth-order valence-electron chi connectivity index (χ4n) is 3.43. The van der Waals surface area contributed by atoms with Crippen LogP contribution in [0.15, 0.2) is 6.07 Å². The Bertz CT molecular complexity index is 750. The van der Waals surface area contributed by atoms with E-state index in [9.17, 15) is 9.59 Å². The third-order valence-corrected chi connectivity index (χ3v) is 7.10. The minimum Gasteiger partial charge on any atom is -0.481 e. The maximum absolute atomic E-state index is 12.9. The van der Waals surface area contributed by atoms with E-state index in [0.29, 0.717) is 13.0 Å². The molecule has 26 heavy (non-hydrogen) atoms. The molecule has 1 fully saturated rings. The minimum atomic E-state index is -0.762. The van der Waals surface area contributed by atoms with E-state index in [1.807, 2.05) is 11.0 Å². The molecule has 0 radical (unpaired) electrons. The van der Waals surface area contributed by atoms with Gasteiger partial charge in [-0.15, -0.1) is 11.3 Å². The van der Waals surface area contributed by atoms with Crippen molar-refractivity contribution < 1.29 is 14.7 Å². The summed E-state index contributed by atoms with van der Waals surface area (Å²) < 4.78 is 1.07. The Morgan fingerprint density at radius 2 is 2.12 bits per heavy atom.